The molecule has 0 bridgehead atoms. The average Bonchev–Trinajstić information content (AvgIpc) is 3.01. The Hall–Kier alpha value is -2.37. The van der Waals surface area contributed by atoms with E-state index in [0.29, 0.717) is 11.9 Å². The molecular weight excluding hydrogens is 280 g/mol. The molecule has 3 rings (SSSR count). The highest BCUT2D eigenvalue weighted by atomic mass is 16.4. The molecule has 1 aromatic heterocycles. The molecule has 1 atom stereocenters. The molecule has 1 aromatic carbocycles. The van der Waals surface area contributed by atoms with Crippen molar-refractivity contribution in [2.75, 3.05) is 11.4 Å². The van der Waals surface area contributed by atoms with Crippen molar-refractivity contribution in [3.8, 4) is 5.69 Å². The van der Waals surface area contributed by atoms with Gasteiger partial charge in [-0.05, 0) is 37.8 Å². The van der Waals surface area contributed by atoms with Crippen molar-refractivity contribution < 1.29 is 9.90 Å². The number of aromatic nitrogens is 3. The molecule has 6 nitrogen and oxygen atoms in total. The summed E-state index contributed by atoms with van der Waals surface area (Å²) >= 11 is 0. The number of nitrogens with zero attached hydrogens (tertiary/aromatic N) is 4. The standard InChI is InChI=1S/C16H20N4O2/c1-2-12-8-6-7-11-19(12)15-14(16(21)22)17-20(18-15)13-9-4-3-5-10-13/h3-5,9-10,12H,2,6-8,11H2,1H3,(H,21,22)/t12-/m1/s1. The zero-order chi connectivity index (χ0) is 15.5. The normalized spacial score (nSPS) is 18.4. The van der Waals surface area contributed by atoms with E-state index in [0.717, 1.165) is 31.5 Å². The number of aromatic carboxylic acids is 1. The molecule has 1 aliphatic rings. The number of carboxylic acid groups (broad SMARTS) is 1. The van der Waals surface area contributed by atoms with E-state index in [2.05, 4.69) is 22.0 Å². The first-order chi connectivity index (χ1) is 10.7. The van der Waals surface area contributed by atoms with Crippen LogP contribution in [-0.4, -0.2) is 38.7 Å². The lowest BCUT2D eigenvalue weighted by Gasteiger charge is -2.35. The highest BCUT2D eigenvalue weighted by Crippen LogP contribution is 2.27. The Morgan fingerprint density at radius 3 is 2.73 bits per heavy atom. The quantitative estimate of drug-likeness (QED) is 0.940. The lowest BCUT2D eigenvalue weighted by Crippen LogP contribution is -2.40. The van der Waals surface area contributed by atoms with Gasteiger partial charge in [-0.15, -0.1) is 15.0 Å². The van der Waals surface area contributed by atoms with Crippen LogP contribution in [0.1, 0.15) is 43.1 Å². The van der Waals surface area contributed by atoms with E-state index < -0.39 is 5.97 Å². The van der Waals surface area contributed by atoms with Crippen molar-refractivity contribution in [2.45, 2.75) is 38.6 Å². The summed E-state index contributed by atoms with van der Waals surface area (Å²) in [6, 6.07) is 9.74. The van der Waals surface area contributed by atoms with Gasteiger partial charge in [-0.25, -0.2) is 4.79 Å². The second-order valence-corrected chi connectivity index (χ2v) is 5.55. The molecule has 116 valence electrons. The lowest BCUT2D eigenvalue weighted by molar-refractivity contribution is 0.0690. The van der Waals surface area contributed by atoms with Crippen LogP contribution in [0.5, 0.6) is 0 Å². The number of rotatable bonds is 4. The fourth-order valence-electron chi connectivity index (χ4n) is 3.01. The third-order valence-electron chi connectivity index (χ3n) is 4.16. The fourth-order valence-corrected chi connectivity index (χ4v) is 3.01. The van der Waals surface area contributed by atoms with E-state index >= 15 is 0 Å². The molecule has 0 spiro atoms. The Morgan fingerprint density at radius 2 is 2.05 bits per heavy atom. The largest absolute Gasteiger partial charge is 0.476 e. The number of benzene rings is 1. The van der Waals surface area contributed by atoms with Crippen LogP contribution in [0.3, 0.4) is 0 Å². The number of hydrogen-bond acceptors (Lipinski definition) is 4. The van der Waals surface area contributed by atoms with Crippen molar-refractivity contribution in [3.63, 3.8) is 0 Å². The molecule has 2 heterocycles. The average molecular weight is 300 g/mol. The van der Waals surface area contributed by atoms with Gasteiger partial charge in [0.05, 0.1) is 5.69 Å². The van der Waals surface area contributed by atoms with Gasteiger partial charge in [0.1, 0.15) is 0 Å². The number of carboxylic acids is 1. The van der Waals surface area contributed by atoms with Crippen LogP contribution >= 0.6 is 0 Å². The van der Waals surface area contributed by atoms with Crippen molar-refractivity contribution in [1.29, 1.82) is 0 Å². The van der Waals surface area contributed by atoms with Crippen molar-refractivity contribution in [1.82, 2.24) is 15.0 Å². The third kappa shape index (κ3) is 2.68. The minimum absolute atomic E-state index is 0.0317. The van der Waals surface area contributed by atoms with Gasteiger partial charge in [0, 0.05) is 12.6 Å². The molecule has 6 heteroatoms. The summed E-state index contributed by atoms with van der Waals surface area (Å²) in [4.78, 5) is 15.1. The summed E-state index contributed by atoms with van der Waals surface area (Å²) in [5.41, 5.74) is 0.797. The molecule has 1 fully saturated rings. The molecule has 22 heavy (non-hydrogen) atoms. The van der Waals surface area contributed by atoms with Crippen LogP contribution in [0, 0.1) is 0 Å². The fraction of sp³-hybridized carbons (Fsp3) is 0.438. The predicted octanol–water partition coefficient (Wildman–Crippen LogP) is 2.73. The Bertz CT molecular complexity index is 653. The number of para-hydroxylation sites is 1. The van der Waals surface area contributed by atoms with Crippen LogP contribution in [0.4, 0.5) is 5.82 Å². The Morgan fingerprint density at radius 1 is 1.27 bits per heavy atom. The van der Waals surface area contributed by atoms with Gasteiger partial charge < -0.3 is 10.0 Å². The van der Waals surface area contributed by atoms with Crippen molar-refractivity contribution in [3.05, 3.63) is 36.0 Å². The second kappa shape index (κ2) is 6.17. The van der Waals surface area contributed by atoms with Gasteiger partial charge >= 0.3 is 5.97 Å². The van der Waals surface area contributed by atoms with E-state index in [1.54, 1.807) is 0 Å². The van der Waals surface area contributed by atoms with Gasteiger partial charge in [0.2, 0.25) is 5.69 Å². The topological polar surface area (TPSA) is 71.2 Å². The monoisotopic (exact) mass is 300 g/mol. The SMILES string of the molecule is CC[C@@H]1CCCCN1c1nn(-c2ccccc2)nc1C(=O)O. The molecule has 0 unspecified atom stereocenters. The predicted molar refractivity (Wildman–Crippen MR) is 83.6 cm³/mol. The van der Waals surface area contributed by atoms with Crippen LogP contribution in [0.15, 0.2) is 30.3 Å². The van der Waals surface area contributed by atoms with Gasteiger partial charge in [0.15, 0.2) is 5.82 Å². The van der Waals surface area contributed by atoms with E-state index in [1.807, 2.05) is 30.3 Å². The first-order valence-electron chi connectivity index (χ1n) is 7.73. The maximum atomic E-state index is 11.6. The number of piperidine rings is 1. The maximum absolute atomic E-state index is 11.6. The van der Waals surface area contributed by atoms with Gasteiger partial charge in [-0.3, -0.25) is 0 Å². The summed E-state index contributed by atoms with van der Waals surface area (Å²) < 4.78 is 0. The van der Waals surface area contributed by atoms with Crippen LogP contribution in [0.25, 0.3) is 5.69 Å². The zero-order valence-electron chi connectivity index (χ0n) is 12.6. The molecule has 1 saturated heterocycles. The molecule has 1 N–H and O–H groups in total. The maximum Gasteiger partial charge on any atom is 0.360 e. The third-order valence-corrected chi connectivity index (χ3v) is 4.16. The van der Waals surface area contributed by atoms with Crippen molar-refractivity contribution in [2.24, 2.45) is 0 Å². The molecule has 1 aliphatic heterocycles. The summed E-state index contributed by atoms with van der Waals surface area (Å²) in [7, 11) is 0. The van der Waals surface area contributed by atoms with Gasteiger partial charge in [-0.2, -0.15) is 0 Å². The van der Waals surface area contributed by atoms with Gasteiger partial charge in [-0.1, -0.05) is 25.1 Å². The Balaban J connectivity index is 2.02. The summed E-state index contributed by atoms with van der Waals surface area (Å²) in [6.07, 6.45) is 4.31. The second-order valence-electron chi connectivity index (χ2n) is 5.55. The number of carbonyl (C=O) groups is 1. The Kier molecular flexibility index (Phi) is 4.09. The van der Waals surface area contributed by atoms with E-state index in [1.165, 1.54) is 11.2 Å². The Labute approximate surface area is 129 Å². The number of hydrogen-bond donors (Lipinski definition) is 1. The van der Waals surface area contributed by atoms with Gasteiger partial charge in [0.25, 0.3) is 0 Å². The first kappa shape index (κ1) is 14.6. The van der Waals surface area contributed by atoms with Crippen LogP contribution < -0.4 is 4.90 Å². The number of anilines is 1. The van der Waals surface area contributed by atoms with E-state index in [-0.39, 0.29) is 5.69 Å². The van der Waals surface area contributed by atoms with E-state index in [4.69, 9.17) is 0 Å². The van der Waals surface area contributed by atoms with Crippen molar-refractivity contribution >= 4 is 11.8 Å². The molecule has 0 aliphatic carbocycles. The first-order valence-corrected chi connectivity index (χ1v) is 7.73. The smallest absolute Gasteiger partial charge is 0.360 e. The summed E-state index contributed by atoms with van der Waals surface area (Å²) in [5, 5.41) is 18.1. The lowest BCUT2D eigenvalue weighted by atomic mass is 10.00. The van der Waals surface area contributed by atoms with E-state index in [9.17, 15) is 9.90 Å². The zero-order valence-corrected chi connectivity index (χ0v) is 12.6. The summed E-state index contributed by atoms with van der Waals surface area (Å²) in [6.45, 7) is 2.97. The van der Waals surface area contributed by atoms with Crippen LogP contribution in [0.2, 0.25) is 0 Å². The molecule has 0 radical (unpaired) electrons. The molecule has 0 amide bonds. The highest BCUT2D eigenvalue weighted by molar-refractivity contribution is 5.91. The summed E-state index contributed by atoms with van der Waals surface area (Å²) in [5.74, 6) is -0.541. The molecule has 0 saturated carbocycles. The van der Waals surface area contributed by atoms with Crippen LogP contribution in [-0.2, 0) is 0 Å². The minimum atomic E-state index is -1.03. The minimum Gasteiger partial charge on any atom is -0.476 e. The molecule has 2 aromatic rings. The highest BCUT2D eigenvalue weighted by Gasteiger charge is 2.29. The molecular formula is C16H20N4O2.